The Morgan fingerprint density at radius 1 is 1.43 bits per heavy atom. The van der Waals surface area contributed by atoms with Gasteiger partial charge in [0.05, 0.1) is 18.8 Å². The number of amides is 1. The molecule has 6 nitrogen and oxygen atoms in total. The lowest BCUT2D eigenvalue weighted by atomic mass is 10.1. The van der Waals surface area contributed by atoms with Gasteiger partial charge in [0.2, 0.25) is 5.91 Å². The second-order valence-corrected chi connectivity index (χ2v) is 5.69. The largest absolute Gasteiger partial charge is 0.375 e. The summed E-state index contributed by atoms with van der Waals surface area (Å²) in [4.78, 5) is 14.4. The highest BCUT2D eigenvalue weighted by Crippen LogP contribution is 2.26. The summed E-state index contributed by atoms with van der Waals surface area (Å²) in [6.07, 6.45) is 8.87. The van der Waals surface area contributed by atoms with E-state index in [0.29, 0.717) is 13.2 Å². The van der Waals surface area contributed by atoms with E-state index in [1.807, 2.05) is 22.7 Å². The van der Waals surface area contributed by atoms with Crippen LogP contribution in [0, 0.1) is 5.92 Å². The normalized spacial score (nSPS) is 22.3. The molecule has 0 aromatic carbocycles. The molecule has 6 heteroatoms. The van der Waals surface area contributed by atoms with Gasteiger partial charge >= 0.3 is 0 Å². The molecular weight excluding hydrogens is 268 g/mol. The third kappa shape index (κ3) is 3.15. The summed E-state index contributed by atoms with van der Waals surface area (Å²) in [5, 5.41) is 8.30. The Hall–Kier alpha value is -1.69. The Kier molecular flexibility index (Phi) is 4.34. The number of hydrogen-bond acceptors (Lipinski definition) is 4. The van der Waals surface area contributed by atoms with Gasteiger partial charge in [-0.3, -0.25) is 4.79 Å². The topological polar surface area (TPSA) is 60.2 Å². The number of ether oxygens (including phenoxy) is 1. The Morgan fingerprint density at radius 2 is 2.24 bits per heavy atom. The molecule has 114 valence electrons. The van der Waals surface area contributed by atoms with E-state index in [9.17, 15) is 4.79 Å². The van der Waals surface area contributed by atoms with Crippen LogP contribution in [-0.4, -0.2) is 45.5 Å². The SMILES string of the molecule is CCOCc1cn(C2CCN(C(=O)C3CC=CC3)C2)nn1. The number of carbonyl (C=O) groups excluding carboxylic acids is 1. The van der Waals surface area contributed by atoms with Crippen molar-refractivity contribution in [3.05, 3.63) is 24.0 Å². The van der Waals surface area contributed by atoms with E-state index in [4.69, 9.17) is 4.74 Å². The highest BCUT2D eigenvalue weighted by atomic mass is 16.5. The van der Waals surface area contributed by atoms with Crippen LogP contribution < -0.4 is 0 Å². The first-order valence-corrected chi connectivity index (χ1v) is 7.70. The second-order valence-electron chi connectivity index (χ2n) is 5.69. The summed E-state index contributed by atoms with van der Waals surface area (Å²) in [7, 11) is 0. The summed E-state index contributed by atoms with van der Waals surface area (Å²) in [5.41, 5.74) is 0.849. The maximum absolute atomic E-state index is 12.4. The van der Waals surface area contributed by atoms with Crippen LogP contribution in [0.4, 0.5) is 0 Å². The molecule has 1 aromatic heterocycles. The summed E-state index contributed by atoms with van der Waals surface area (Å²) in [6, 6.07) is 0.242. The number of allylic oxidation sites excluding steroid dienone is 2. The lowest BCUT2D eigenvalue weighted by Crippen LogP contribution is -2.33. The highest BCUT2D eigenvalue weighted by molar-refractivity contribution is 5.80. The molecule has 0 radical (unpaired) electrons. The lowest BCUT2D eigenvalue weighted by Gasteiger charge is -2.20. The van der Waals surface area contributed by atoms with Crippen molar-refractivity contribution < 1.29 is 9.53 Å². The van der Waals surface area contributed by atoms with Crippen LogP contribution in [0.25, 0.3) is 0 Å². The van der Waals surface area contributed by atoms with Gasteiger partial charge in [-0.2, -0.15) is 0 Å². The molecule has 0 saturated carbocycles. The molecule has 0 bridgehead atoms. The Bertz CT molecular complexity index is 517. The minimum absolute atomic E-state index is 0.160. The van der Waals surface area contributed by atoms with Crippen molar-refractivity contribution in [2.24, 2.45) is 5.92 Å². The maximum atomic E-state index is 12.4. The van der Waals surface area contributed by atoms with Gasteiger partial charge in [0, 0.05) is 25.6 Å². The average Bonchev–Trinajstić information content (AvgIpc) is 3.24. The first kappa shape index (κ1) is 14.3. The molecule has 1 unspecified atom stereocenters. The molecule has 0 spiro atoms. The molecule has 21 heavy (non-hydrogen) atoms. The summed E-state index contributed by atoms with van der Waals surface area (Å²) in [6.45, 7) is 4.70. The number of carbonyl (C=O) groups is 1. The van der Waals surface area contributed by atoms with Gasteiger partial charge in [0.25, 0.3) is 0 Å². The lowest BCUT2D eigenvalue weighted by molar-refractivity contribution is -0.134. The first-order chi connectivity index (χ1) is 10.3. The molecular formula is C15H22N4O2. The molecule has 1 aliphatic carbocycles. The fourth-order valence-corrected chi connectivity index (χ4v) is 3.00. The van der Waals surface area contributed by atoms with Crippen LogP contribution in [0.3, 0.4) is 0 Å². The monoisotopic (exact) mass is 290 g/mol. The van der Waals surface area contributed by atoms with Crippen LogP contribution in [0.5, 0.6) is 0 Å². The maximum Gasteiger partial charge on any atom is 0.226 e. The predicted octanol–water partition coefficient (Wildman–Crippen LogP) is 1.55. The van der Waals surface area contributed by atoms with Gasteiger partial charge in [0.1, 0.15) is 5.69 Å². The van der Waals surface area contributed by atoms with Gasteiger partial charge in [-0.1, -0.05) is 17.4 Å². The van der Waals surface area contributed by atoms with Gasteiger partial charge in [-0.15, -0.1) is 5.10 Å². The van der Waals surface area contributed by atoms with Crippen molar-refractivity contribution in [3.63, 3.8) is 0 Å². The Balaban J connectivity index is 1.56. The molecule has 0 N–H and O–H groups in total. The second kappa shape index (κ2) is 6.39. The van der Waals surface area contributed by atoms with Crippen LogP contribution in [0.1, 0.15) is 37.9 Å². The van der Waals surface area contributed by atoms with Crippen LogP contribution in [0.2, 0.25) is 0 Å². The smallest absolute Gasteiger partial charge is 0.226 e. The number of nitrogens with zero attached hydrogens (tertiary/aromatic N) is 4. The van der Waals surface area contributed by atoms with E-state index >= 15 is 0 Å². The summed E-state index contributed by atoms with van der Waals surface area (Å²) in [5.74, 6) is 0.449. The highest BCUT2D eigenvalue weighted by Gasteiger charge is 2.32. The average molecular weight is 290 g/mol. The van der Waals surface area contributed by atoms with E-state index in [1.54, 1.807) is 0 Å². The van der Waals surface area contributed by atoms with Crippen molar-refractivity contribution in [2.45, 2.75) is 38.8 Å². The first-order valence-electron chi connectivity index (χ1n) is 7.70. The fraction of sp³-hybridized carbons (Fsp3) is 0.667. The van der Waals surface area contributed by atoms with E-state index in [1.165, 1.54) is 0 Å². The molecule has 2 heterocycles. The zero-order valence-corrected chi connectivity index (χ0v) is 12.4. The van der Waals surface area contributed by atoms with E-state index < -0.39 is 0 Å². The van der Waals surface area contributed by atoms with E-state index in [2.05, 4.69) is 22.5 Å². The fourth-order valence-electron chi connectivity index (χ4n) is 3.00. The van der Waals surface area contributed by atoms with Gasteiger partial charge in [-0.05, 0) is 26.2 Å². The molecule has 1 atom stereocenters. The van der Waals surface area contributed by atoms with Crippen molar-refractivity contribution in [1.29, 1.82) is 0 Å². The summed E-state index contributed by atoms with van der Waals surface area (Å²) < 4.78 is 7.22. The van der Waals surface area contributed by atoms with Crippen molar-refractivity contribution in [2.75, 3.05) is 19.7 Å². The number of rotatable bonds is 5. The van der Waals surface area contributed by atoms with Crippen molar-refractivity contribution in [3.8, 4) is 0 Å². The standard InChI is InChI=1S/C15H22N4O2/c1-2-21-11-13-9-19(17-16-13)14-7-8-18(10-14)15(20)12-5-3-4-6-12/h3-4,9,12,14H,2,5-8,10-11H2,1H3. The van der Waals surface area contributed by atoms with E-state index in [0.717, 1.165) is 38.0 Å². The quantitative estimate of drug-likeness (QED) is 0.772. The third-order valence-corrected chi connectivity index (χ3v) is 4.22. The predicted molar refractivity (Wildman–Crippen MR) is 77.5 cm³/mol. The third-order valence-electron chi connectivity index (χ3n) is 4.22. The number of likely N-dealkylation sites (tertiary alicyclic amines) is 1. The molecule has 1 amide bonds. The molecule has 1 aromatic rings. The van der Waals surface area contributed by atoms with Gasteiger partial charge in [-0.25, -0.2) is 4.68 Å². The van der Waals surface area contributed by atoms with E-state index in [-0.39, 0.29) is 17.9 Å². The molecule has 3 rings (SSSR count). The van der Waals surface area contributed by atoms with Gasteiger partial charge < -0.3 is 9.64 Å². The minimum Gasteiger partial charge on any atom is -0.375 e. The summed E-state index contributed by atoms with van der Waals surface area (Å²) >= 11 is 0. The zero-order chi connectivity index (χ0) is 14.7. The number of aromatic nitrogens is 3. The van der Waals surface area contributed by atoms with Crippen LogP contribution >= 0.6 is 0 Å². The zero-order valence-electron chi connectivity index (χ0n) is 12.4. The molecule has 2 aliphatic rings. The Labute approximate surface area is 124 Å². The van der Waals surface area contributed by atoms with Gasteiger partial charge in [0.15, 0.2) is 0 Å². The van der Waals surface area contributed by atoms with Crippen molar-refractivity contribution in [1.82, 2.24) is 19.9 Å². The number of hydrogen-bond donors (Lipinski definition) is 0. The minimum atomic E-state index is 0.160. The molecule has 1 aliphatic heterocycles. The van der Waals surface area contributed by atoms with Crippen LogP contribution in [-0.2, 0) is 16.1 Å². The van der Waals surface area contributed by atoms with Crippen LogP contribution in [0.15, 0.2) is 18.3 Å². The Morgan fingerprint density at radius 3 is 3.00 bits per heavy atom. The van der Waals surface area contributed by atoms with Crippen molar-refractivity contribution >= 4 is 5.91 Å². The molecule has 1 saturated heterocycles. The molecule has 1 fully saturated rings.